The van der Waals surface area contributed by atoms with E-state index in [2.05, 4.69) is 172 Å². The minimum absolute atomic E-state index is 0.859. The van der Waals surface area contributed by atoms with E-state index in [1.54, 1.807) is 0 Å². The summed E-state index contributed by atoms with van der Waals surface area (Å²) in [5, 5.41) is 9.75. The minimum atomic E-state index is 0.859. The molecule has 1 nitrogen and oxygen atoms in total. The molecule has 0 radical (unpaired) electrons. The van der Waals surface area contributed by atoms with E-state index in [1.807, 2.05) is 23.9 Å². The predicted octanol–water partition coefficient (Wildman–Crippen LogP) is 15.2. The fourth-order valence-corrected chi connectivity index (χ4v) is 9.04. The summed E-state index contributed by atoms with van der Waals surface area (Å²) >= 11 is 1.88. The summed E-state index contributed by atoms with van der Waals surface area (Å²) in [6.07, 6.45) is 26.9. The molecular formula is C52H40OS. The second kappa shape index (κ2) is 14.4. The molecule has 0 unspecified atom stereocenters. The lowest BCUT2D eigenvalue weighted by molar-refractivity contribution is 0.669. The van der Waals surface area contributed by atoms with E-state index in [-0.39, 0.29) is 0 Å². The van der Waals surface area contributed by atoms with E-state index in [9.17, 15) is 0 Å². The van der Waals surface area contributed by atoms with E-state index in [0.29, 0.717) is 0 Å². The minimum Gasteiger partial charge on any atom is -0.456 e. The van der Waals surface area contributed by atoms with Crippen molar-refractivity contribution < 1.29 is 4.42 Å². The highest BCUT2D eigenvalue weighted by Gasteiger charge is 2.21. The molecule has 7 aromatic rings. The molecule has 0 spiro atoms. The van der Waals surface area contributed by atoms with Gasteiger partial charge in [-0.25, -0.2) is 0 Å². The van der Waals surface area contributed by atoms with E-state index >= 15 is 0 Å². The van der Waals surface area contributed by atoms with Crippen molar-refractivity contribution in [2.45, 2.75) is 31.1 Å². The lowest BCUT2D eigenvalue weighted by atomic mass is 9.85. The molecule has 6 aromatic carbocycles. The number of thioether (sulfide) groups is 1. The van der Waals surface area contributed by atoms with Crippen LogP contribution in [0.5, 0.6) is 0 Å². The van der Waals surface area contributed by atoms with E-state index in [0.717, 1.165) is 47.1 Å². The van der Waals surface area contributed by atoms with Gasteiger partial charge in [-0.15, -0.1) is 0 Å². The van der Waals surface area contributed by atoms with Gasteiger partial charge in [-0.2, -0.15) is 0 Å². The zero-order chi connectivity index (χ0) is 36.6. The monoisotopic (exact) mass is 712 g/mol. The Labute approximate surface area is 321 Å². The lowest BCUT2D eigenvalue weighted by Crippen LogP contribution is -1.95. The maximum atomic E-state index is 6.17. The first kappa shape index (κ1) is 33.7. The second-order valence-electron chi connectivity index (χ2n) is 14.1. The van der Waals surface area contributed by atoms with Gasteiger partial charge in [0.1, 0.15) is 11.2 Å². The van der Waals surface area contributed by atoms with Crippen LogP contribution in [0.15, 0.2) is 202 Å². The molecule has 260 valence electrons. The van der Waals surface area contributed by atoms with Crippen molar-refractivity contribution in [2.24, 2.45) is 0 Å². The molecule has 9 rings (SSSR count). The first-order chi connectivity index (χ1) is 26.5. The van der Waals surface area contributed by atoms with Crippen LogP contribution in [0, 0.1) is 0 Å². The van der Waals surface area contributed by atoms with Gasteiger partial charge in [0.2, 0.25) is 0 Å². The summed E-state index contributed by atoms with van der Waals surface area (Å²) < 4.78 is 6.17. The third-order valence-electron chi connectivity index (χ3n) is 10.7. The largest absolute Gasteiger partial charge is 0.456 e. The first-order valence-corrected chi connectivity index (χ1v) is 19.4. The Kier molecular flexibility index (Phi) is 8.98. The molecule has 2 aliphatic rings. The molecule has 1 aliphatic heterocycles. The lowest BCUT2D eigenvalue weighted by Gasteiger charge is -2.19. The third-order valence-corrected chi connectivity index (χ3v) is 11.9. The third kappa shape index (κ3) is 6.23. The molecule has 2 heteroatoms. The van der Waals surface area contributed by atoms with Gasteiger partial charge in [-0.1, -0.05) is 171 Å². The van der Waals surface area contributed by atoms with Crippen LogP contribution in [0.25, 0.3) is 65.4 Å². The molecule has 54 heavy (non-hydrogen) atoms. The normalized spacial score (nSPS) is 17.5. The van der Waals surface area contributed by atoms with Gasteiger partial charge in [0.15, 0.2) is 0 Å². The number of rotatable bonds is 6. The molecule has 0 N–H and O–H groups in total. The molecule has 0 bridgehead atoms. The zero-order valence-electron chi connectivity index (χ0n) is 30.4. The standard InChI is InChI=1S/C52H40OS/c1-34(35(2)27-30-40-31-39-29-28-38-32-49-47(33-46(38)52(39)54-40)41-19-15-16-24-48(41)53-49)25-26-36(3)50-42-20-11-13-22-44(42)51(45-23-14-12-21-43(45)50)37-17-9-7-5-4-6-8-10-18-37/h4-5,7-16,18-30,32-33H,1,3,6,17,31H2,2H3/b5-4-,9-7-,10-8-,26-25-,35-27+,37-18?,40-30+. The maximum absolute atomic E-state index is 6.17. The Morgan fingerprint density at radius 3 is 2.19 bits per heavy atom. The van der Waals surface area contributed by atoms with Gasteiger partial charge >= 0.3 is 0 Å². The van der Waals surface area contributed by atoms with Crippen molar-refractivity contribution in [2.75, 3.05) is 0 Å². The number of benzene rings is 6. The van der Waals surface area contributed by atoms with Crippen LogP contribution in [0.1, 0.15) is 36.5 Å². The van der Waals surface area contributed by atoms with Gasteiger partial charge in [0, 0.05) is 22.1 Å². The first-order valence-electron chi connectivity index (χ1n) is 18.6. The number of para-hydroxylation sites is 1. The van der Waals surface area contributed by atoms with Crippen molar-refractivity contribution in [3.05, 3.63) is 210 Å². The average Bonchev–Trinajstić information content (AvgIpc) is 3.80. The van der Waals surface area contributed by atoms with Crippen LogP contribution in [0.3, 0.4) is 0 Å². The van der Waals surface area contributed by atoms with Crippen molar-refractivity contribution in [3.8, 4) is 0 Å². The van der Waals surface area contributed by atoms with Crippen LogP contribution in [-0.4, -0.2) is 0 Å². The summed E-state index contributed by atoms with van der Waals surface area (Å²) in [6, 6.07) is 34.8. The zero-order valence-corrected chi connectivity index (χ0v) is 31.3. The van der Waals surface area contributed by atoms with Crippen LogP contribution in [0.2, 0.25) is 0 Å². The van der Waals surface area contributed by atoms with Crippen molar-refractivity contribution >= 4 is 77.2 Å². The van der Waals surface area contributed by atoms with Crippen LogP contribution < -0.4 is 0 Å². The molecule has 0 fully saturated rings. The summed E-state index contributed by atoms with van der Waals surface area (Å²) in [5.74, 6) is 0. The van der Waals surface area contributed by atoms with Gasteiger partial charge in [0.25, 0.3) is 0 Å². The van der Waals surface area contributed by atoms with Crippen molar-refractivity contribution in [1.29, 1.82) is 0 Å². The highest BCUT2D eigenvalue weighted by Crippen LogP contribution is 2.46. The predicted molar refractivity (Wildman–Crippen MR) is 236 cm³/mol. The van der Waals surface area contributed by atoms with E-state index in [4.69, 9.17) is 4.42 Å². The maximum Gasteiger partial charge on any atom is 0.136 e. The Balaban J connectivity index is 0.995. The van der Waals surface area contributed by atoms with Crippen LogP contribution in [0.4, 0.5) is 0 Å². The van der Waals surface area contributed by atoms with Crippen molar-refractivity contribution in [3.63, 3.8) is 0 Å². The quantitative estimate of drug-likeness (QED) is 0.126. The Morgan fingerprint density at radius 1 is 0.685 bits per heavy atom. The van der Waals surface area contributed by atoms with Gasteiger partial charge in [0.05, 0.1) is 0 Å². The molecular weight excluding hydrogens is 673 g/mol. The molecule has 0 atom stereocenters. The highest BCUT2D eigenvalue weighted by atomic mass is 32.2. The van der Waals surface area contributed by atoms with Gasteiger partial charge in [-0.05, 0) is 114 Å². The van der Waals surface area contributed by atoms with E-state index < -0.39 is 0 Å². The summed E-state index contributed by atoms with van der Waals surface area (Å²) in [4.78, 5) is 2.68. The molecule has 0 saturated carbocycles. The second-order valence-corrected chi connectivity index (χ2v) is 15.3. The van der Waals surface area contributed by atoms with Gasteiger partial charge in [-0.3, -0.25) is 0 Å². The SMILES string of the molecule is C=C(/C=C\C(=C)c1c2ccccc2c(C2=C/C=C\C/C=C\C=C/C2)c2ccccc12)/C(C)=C/C=C1\Cc2ccc3cc4oc5ccccc5c4cc3c2S1. The Morgan fingerprint density at radius 2 is 1.39 bits per heavy atom. The fourth-order valence-electron chi connectivity index (χ4n) is 7.85. The number of allylic oxidation sites excluding steroid dienone is 16. The molecule has 1 aromatic heterocycles. The van der Waals surface area contributed by atoms with Crippen molar-refractivity contribution in [1.82, 2.24) is 0 Å². The number of hydrogen-bond acceptors (Lipinski definition) is 2. The fraction of sp³-hybridized carbons (Fsp3) is 0.0769. The summed E-state index contributed by atoms with van der Waals surface area (Å²) in [6.45, 7) is 11.2. The average molecular weight is 713 g/mol. The smallest absolute Gasteiger partial charge is 0.136 e. The topological polar surface area (TPSA) is 13.1 Å². The number of fused-ring (bicyclic) bond motifs is 8. The van der Waals surface area contributed by atoms with Gasteiger partial charge < -0.3 is 4.42 Å². The summed E-state index contributed by atoms with van der Waals surface area (Å²) in [7, 11) is 0. The molecule has 2 heterocycles. The number of furan rings is 1. The van der Waals surface area contributed by atoms with E-state index in [1.165, 1.54) is 75.2 Å². The number of hydrogen-bond donors (Lipinski definition) is 0. The van der Waals surface area contributed by atoms with Crippen LogP contribution in [-0.2, 0) is 6.42 Å². The molecule has 0 saturated heterocycles. The van der Waals surface area contributed by atoms with Crippen LogP contribution >= 0.6 is 11.8 Å². The Bertz CT molecular complexity index is 2860. The molecule has 1 aliphatic carbocycles. The molecule has 0 amide bonds. The highest BCUT2D eigenvalue weighted by molar-refractivity contribution is 8.03. The summed E-state index contributed by atoms with van der Waals surface area (Å²) in [5.41, 5.74) is 10.1. The Hall–Kier alpha value is -6.09.